The van der Waals surface area contributed by atoms with Crippen molar-refractivity contribution in [2.75, 3.05) is 37.1 Å². The predicted octanol–water partition coefficient (Wildman–Crippen LogP) is 5.92. The number of thiocarbonyl (C=S) groups is 1. The Hall–Kier alpha value is -4.02. The van der Waals surface area contributed by atoms with Gasteiger partial charge in [0.15, 0.2) is 22.4 Å². The summed E-state index contributed by atoms with van der Waals surface area (Å²) < 4.78 is 22.5. The molecule has 1 aliphatic rings. The van der Waals surface area contributed by atoms with Crippen LogP contribution in [0.1, 0.15) is 19.4 Å². The quantitative estimate of drug-likeness (QED) is 0.227. The maximum Gasteiger partial charge on any atom is 0.270 e. The van der Waals surface area contributed by atoms with Crippen LogP contribution in [0.4, 0.5) is 11.4 Å². The van der Waals surface area contributed by atoms with Crippen LogP contribution < -0.4 is 29.2 Å². The molecular weight excluding hydrogens is 536 g/mol. The lowest BCUT2D eigenvalue weighted by molar-refractivity contribution is -0.118. The molecule has 4 rings (SSSR count). The normalized spacial score (nSPS) is 13.9. The van der Waals surface area contributed by atoms with Crippen LogP contribution in [0.5, 0.6) is 23.0 Å². The van der Waals surface area contributed by atoms with E-state index in [4.69, 9.17) is 31.2 Å². The fourth-order valence-electron chi connectivity index (χ4n) is 3.72. The number of ether oxygens (including phenoxy) is 4. The zero-order valence-electron chi connectivity index (χ0n) is 21.8. The Morgan fingerprint density at radius 2 is 1.62 bits per heavy atom. The molecule has 0 aromatic heterocycles. The fourth-order valence-corrected chi connectivity index (χ4v) is 5.02. The second-order valence-corrected chi connectivity index (χ2v) is 9.82. The van der Waals surface area contributed by atoms with Gasteiger partial charge in [-0.1, -0.05) is 30.0 Å². The number of anilines is 2. The second-order valence-electron chi connectivity index (χ2n) is 8.15. The van der Waals surface area contributed by atoms with E-state index in [1.807, 2.05) is 38.1 Å². The van der Waals surface area contributed by atoms with Crippen LogP contribution in [0.2, 0.25) is 0 Å². The number of hydrogen-bond donors (Lipinski definition) is 1. The summed E-state index contributed by atoms with van der Waals surface area (Å²) in [7, 11) is 1.58. The van der Waals surface area contributed by atoms with Crippen molar-refractivity contribution in [3.05, 3.63) is 77.2 Å². The van der Waals surface area contributed by atoms with E-state index in [1.54, 1.807) is 55.7 Å². The Bertz CT molecular complexity index is 1370. The summed E-state index contributed by atoms with van der Waals surface area (Å²) in [4.78, 5) is 27.6. The summed E-state index contributed by atoms with van der Waals surface area (Å²) in [6.07, 6.45) is 1.76. The summed E-state index contributed by atoms with van der Waals surface area (Å²) in [5.41, 5.74) is 2.05. The van der Waals surface area contributed by atoms with Crippen molar-refractivity contribution in [3.8, 4) is 23.0 Å². The third-order valence-corrected chi connectivity index (χ3v) is 6.80. The first-order chi connectivity index (χ1) is 18.9. The van der Waals surface area contributed by atoms with Gasteiger partial charge in [-0.15, -0.1) is 0 Å². The highest BCUT2D eigenvalue weighted by molar-refractivity contribution is 8.27. The van der Waals surface area contributed by atoms with E-state index in [1.165, 1.54) is 16.7 Å². The van der Waals surface area contributed by atoms with Gasteiger partial charge in [0.05, 0.1) is 30.9 Å². The van der Waals surface area contributed by atoms with E-state index in [0.29, 0.717) is 51.1 Å². The largest absolute Gasteiger partial charge is 0.497 e. The van der Waals surface area contributed by atoms with Crippen molar-refractivity contribution in [3.63, 3.8) is 0 Å². The number of methoxy groups -OCH3 is 1. The number of nitrogens with one attached hydrogen (secondary N) is 1. The van der Waals surface area contributed by atoms with Crippen molar-refractivity contribution < 1.29 is 28.5 Å². The van der Waals surface area contributed by atoms with E-state index >= 15 is 0 Å². The Morgan fingerprint density at radius 1 is 0.923 bits per heavy atom. The summed E-state index contributed by atoms with van der Waals surface area (Å²) in [5.74, 6) is 1.79. The molecule has 1 aliphatic heterocycles. The highest BCUT2D eigenvalue weighted by atomic mass is 32.2. The molecule has 1 saturated heterocycles. The minimum Gasteiger partial charge on any atom is -0.497 e. The van der Waals surface area contributed by atoms with Gasteiger partial charge in [-0.2, -0.15) is 0 Å². The molecule has 202 valence electrons. The predicted molar refractivity (Wildman–Crippen MR) is 158 cm³/mol. The Labute approximate surface area is 236 Å². The minimum absolute atomic E-state index is 0.202. The standard InChI is InChI=1S/C29H28N2O6S2/c1-4-35-23-13-9-21(10-14-23)31-28(33)26(39-29(31)38)17-19-6-15-24(25(16-19)36-5-2)37-18-27(32)30-20-7-11-22(34-3)12-8-20/h6-17H,4-5,18H2,1-3H3,(H,30,32)/b26-17-. The second kappa shape index (κ2) is 13.2. The first-order valence-electron chi connectivity index (χ1n) is 12.3. The van der Waals surface area contributed by atoms with E-state index in [-0.39, 0.29) is 18.4 Å². The third kappa shape index (κ3) is 7.10. The number of hydrogen-bond acceptors (Lipinski definition) is 8. The van der Waals surface area contributed by atoms with E-state index in [2.05, 4.69) is 5.32 Å². The molecule has 10 heteroatoms. The van der Waals surface area contributed by atoms with Gasteiger partial charge in [0.1, 0.15) is 11.5 Å². The molecule has 1 heterocycles. The third-order valence-electron chi connectivity index (χ3n) is 5.50. The molecule has 0 saturated carbocycles. The van der Waals surface area contributed by atoms with Gasteiger partial charge < -0.3 is 24.3 Å². The molecule has 0 radical (unpaired) electrons. The number of rotatable bonds is 11. The van der Waals surface area contributed by atoms with Crippen LogP contribution in [0.15, 0.2) is 71.6 Å². The molecule has 0 atom stereocenters. The van der Waals surface area contributed by atoms with Crippen LogP contribution in [0, 0.1) is 0 Å². The summed E-state index contributed by atoms with van der Waals surface area (Å²) >= 11 is 6.72. The zero-order chi connectivity index (χ0) is 27.8. The molecule has 39 heavy (non-hydrogen) atoms. The Balaban J connectivity index is 1.44. The Morgan fingerprint density at radius 3 is 2.28 bits per heavy atom. The number of thioether (sulfide) groups is 1. The topological polar surface area (TPSA) is 86.3 Å². The van der Waals surface area contributed by atoms with Crippen molar-refractivity contribution in [1.82, 2.24) is 0 Å². The molecule has 0 unspecified atom stereocenters. The van der Waals surface area contributed by atoms with Gasteiger partial charge in [0, 0.05) is 5.69 Å². The maximum atomic E-state index is 13.2. The average Bonchev–Trinajstić information content (AvgIpc) is 3.21. The van der Waals surface area contributed by atoms with Crippen molar-refractivity contribution >= 4 is 57.6 Å². The van der Waals surface area contributed by atoms with Gasteiger partial charge >= 0.3 is 0 Å². The molecule has 0 spiro atoms. The lowest BCUT2D eigenvalue weighted by atomic mass is 10.1. The van der Waals surface area contributed by atoms with Crippen molar-refractivity contribution in [1.29, 1.82) is 0 Å². The van der Waals surface area contributed by atoms with E-state index < -0.39 is 0 Å². The SMILES string of the molecule is CCOc1ccc(N2C(=O)/C(=C/c3ccc(OCC(=O)Nc4ccc(OC)cc4)c(OCC)c3)SC2=S)cc1. The Kier molecular flexibility index (Phi) is 9.45. The number of benzene rings is 3. The molecule has 0 bridgehead atoms. The maximum absolute atomic E-state index is 13.2. The number of nitrogens with zero attached hydrogens (tertiary/aromatic N) is 1. The van der Waals surface area contributed by atoms with Crippen molar-refractivity contribution in [2.24, 2.45) is 0 Å². The van der Waals surface area contributed by atoms with Gasteiger partial charge in [-0.25, -0.2) is 0 Å². The average molecular weight is 565 g/mol. The van der Waals surface area contributed by atoms with Gasteiger partial charge in [-0.3, -0.25) is 14.5 Å². The van der Waals surface area contributed by atoms with Crippen LogP contribution in [0.3, 0.4) is 0 Å². The highest BCUT2D eigenvalue weighted by Gasteiger charge is 2.33. The molecule has 1 fully saturated rings. The van der Waals surface area contributed by atoms with Gasteiger partial charge in [0.2, 0.25) is 0 Å². The van der Waals surface area contributed by atoms with Crippen LogP contribution in [-0.2, 0) is 9.59 Å². The number of amides is 2. The van der Waals surface area contributed by atoms with Crippen LogP contribution in [-0.4, -0.2) is 43.1 Å². The molecule has 3 aromatic carbocycles. The fraction of sp³-hybridized carbons (Fsp3) is 0.207. The summed E-state index contributed by atoms with van der Waals surface area (Å²) in [6.45, 7) is 4.53. The first kappa shape index (κ1) is 28.0. The minimum atomic E-state index is -0.315. The smallest absolute Gasteiger partial charge is 0.270 e. The highest BCUT2D eigenvalue weighted by Crippen LogP contribution is 2.37. The number of carbonyl (C=O) groups excluding carboxylic acids is 2. The lowest BCUT2D eigenvalue weighted by Gasteiger charge is -2.15. The van der Waals surface area contributed by atoms with E-state index in [9.17, 15) is 9.59 Å². The molecule has 8 nitrogen and oxygen atoms in total. The van der Waals surface area contributed by atoms with Crippen LogP contribution in [0.25, 0.3) is 6.08 Å². The first-order valence-corrected chi connectivity index (χ1v) is 13.5. The molecule has 1 N–H and O–H groups in total. The lowest BCUT2D eigenvalue weighted by Crippen LogP contribution is -2.27. The molecule has 0 aliphatic carbocycles. The molecular formula is C29H28N2O6S2. The van der Waals surface area contributed by atoms with E-state index in [0.717, 1.165) is 11.3 Å². The number of carbonyl (C=O) groups is 2. The van der Waals surface area contributed by atoms with Gasteiger partial charge in [-0.05, 0) is 86.2 Å². The van der Waals surface area contributed by atoms with Crippen molar-refractivity contribution in [2.45, 2.75) is 13.8 Å². The zero-order valence-corrected chi connectivity index (χ0v) is 23.4. The monoisotopic (exact) mass is 564 g/mol. The molecule has 3 aromatic rings. The molecule has 2 amide bonds. The summed E-state index contributed by atoms with van der Waals surface area (Å²) in [5, 5.41) is 2.78. The summed E-state index contributed by atoms with van der Waals surface area (Å²) in [6, 6.07) is 19.5. The van der Waals surface area contributed by atoms with Crippen LogP contribution >= 0.6 is 24.0 Å². The van der Waals surface area contributed by atoms with Gasteiger partial charge in [0.25, 0.3) is 11.8 Å².